The number of hydrogen-bond acceptors (Lipinski definition) is 6. The first-order chi connectivity index (χ1) is 13.4. The van der Waals surface area contributed by atoms with Crippen LogP contribution in [0.25, 0.3) is 0 Å². The number of benzene rings is 1. The van der Waals surface area contributed by atoms with E-state index in [1.54, 1.807) is 6.07 Å². The molecule has 146 valence electrons. The van der Waals surface area contributed by atoms with E-state index >= 15 is 0 Å². The summed E-state index contributed by atoms with van der Waals surface area (Å²) < 4.78 is 0. The Hall–Kier alpha value is -2.98. The summed E-state index contributed by atoms with van der Waals surface area (Å²) in [4.78, 5) is 29.7. The van der Waals surface area contributed by atoms with E-state index < -0.39 is 10.9 Å². The molecule has 11 heteroatoms. The predicted octanol–water partition coefficient (Wildman–Crippen LogP) is 2.86. The second-order valence-electron chi connectivity index (χ2n) is 6.01. The molecule has 0 amide bonds. The first-order valence-electron chi connectivity index (χ1n) is 8.30. The molecule has 9 nitrogen and oxygen atoms in total. The van der Waals surface area contributed by atoms with Gasteiger partial charge in [-0.25, -0.2) is 9.78 Å². The molecule has 1 aliphatic rings. The molecular weight excluding hydrogens is 406 g/mol. The van der Waals surface area contributed by atoms with E-state index in [1.807, 2.05) is 9.80 Å². The second-order valence-corrected chi connectivity index (χ2v) is 6.80. The number of hydrogen-bond donors (Lipinski definition) is 2. The van der Waals surface area contributed by atoms with Crippen LogP contribution in [0.3, 0.4) is 0 Å². The van der Waals surface area contributed by atoms with Crippen LogP contribution in [0.15, 0.2) is 36.5 Å². The summed E-state index contributed by atoms with van der Waals surface area (Å²) in [6.07, 6.45) is 1.53. The first kappa shape index (κ1) is 19.8. The Morgan fingerprint density at radius 3 is 2.61 bits per heavy atom. The lowest BCUT2D eigenvalue weighted by Gasteiger charge is -2.36. The molecule has 1 aliphatic heterocycles. The lowest BCUT2D eigenvalue weighted by Crippen LogP contribution is -2.50. The normalized spacial score (nSPS) is 13.9. The van der Waals surface area contributed by atoms with Crippen molar-refractivity contribution in [2.45, 2.75) is 0 Å². The Morgan fingerprint density at radius 2 is 2.00 bits per heavy atom. The zero-order valence-electron chi connectivity index (χ0n) is 14.5. The quantitative estimate of drug-likeness (QED) is 0.437. The van der Waals surface area contributed by atoms with Gasteiger partial charge in [0.1, 0.15) is 0 Å². The van der Waals surface area contributed by atoms with Gasteiger partial charge in [-0.2, -0.15) is 0 Å². The van der Waals surface area contributed by atoms with Gasteiger partial charge in [-0.05, 0) is 36.5 Å². The number of thiocarbonyl (C=S) groups is 1. The first-order valence-corrected chi connectivity index (χ1v) is 9.08. The minimum absolute atomic E-state index is 0.0173. The number of rotatable bonds is 4. The van der Waals surface area contributed by atoms with Crippen molar-refractivity contribution in [3.63, 3.8) is 0 Å². The molecule has 0 saturated carbocycles. The van der Waals surface area contributed by atoms with Crippen LogP contribution in [0.4, 0.5) is 17.2 Å². The third-order valence-electron chi connectivity index (χ3n) is 4.28. The summed E-state index contributed by atoms with van der Waals surface area (Å²) >= 11 is 11.4. The maximum Gasteiger partial charge on any atom is 0.337 e. The van der Waals surface area contributed by atoms with Gasteiger partial charge in [-0.3, -0.25) is 10.1 Å². The average Bonchev–Trinajstić information content (AvgIpc) is 2.68. The highest BCUT2D eigenvalue weighted by Crippen LogP contribution is 2.26. The fourth-order valence-electron chi connectivity index (χ4n) is 2.86. The molecule has 0 atom stereocenters. The van der Waals surface area contributed by atoms with Crippen LogP contribution in [0.2, 0.25) is 5.02 Å². The van der Waals surface area contributed by atoms with Crippen LogP contribution in [0, 0.1) is 10.1 Å². The number of pyridine rings is 1. The maximum atomic E-state index is 11.2. The highest BCUT2D eigenvalue weighted by molar-refractivity contribution is 7.80. The highest BCUT2D eigenvalue weighted by atomic mass is 35.5. The molecule has 3 rings (SSSR count). The van der Waals surface area contributed by atoms with Gasteiger partial charge in [0, 0.05) is 44.1 Å². The second kappa shape index (κ2) is 8.36. The zero-order valence-corrected chi connectivity index (χ0v) is 16.1. The Kier molecular flexibility index (Phi) is 5.90. The molecular formula is C17H16ClN5O4S. The van der Waals surface area contributed by atoms with Crippen molar-refractivity contribution >= 4 is 52.1 Å². The van der Waals surface area contributed by atoms with Crippen LogP contribution in [-0.2, 0) is 0 Å². The number of anilines is 2. The average molecular weight is 422 g/mol. The number of carbonyl (C=O) groups is 1. The van der Waals surface area contributed by atoms with Gasteiger partial charge in [-0.15, -0.1) is 0 Å². The number of nitrogens with one attached hydrogen (secondary N) is 1. The molecule has 1 aromatic heterocycles. The van der Waals surface area contributed by atoms with E-state index in [9.17, 15) is 14.9 Å². The van der Waals surface area contributed by atoms with Crippen LogP contribution in [-0.4, -0.2) is 57.2 Å². The molecule has 2 N–H and O–H groups in total. The lowest BCUT2D eigenvalue weighted by molar-refractivity contribution is -0.384. The minimum atomic E-state index is -1.10. The number of aromatic nitrogens is 1. The molecule has 0 aliphatic carbocycles. The molecule has 0 bridgehead atoms. The molecule has 1 aromatic carbocycles. The van der Waals surface area contributed by atoms with Crippen molar-refractivity contribution in [1.29, 1.82) is 0 Å². The fraction of sp³-hybridized carbons (Fsp3) is 0.235. The molecule has 2 heterocycles. The standard InChI is InChI=1S/C17H16ClN5O4S/c18-13-10-11(3-4-12(13)16(24)25)20-17(28)22-8-6-21(7-9-22)15-14(23(26)27)2-1-5-19-15/h1-5,10H,6-9H2,(H,20,28)(H,24,25). The molecule has 0 unspecified atom stereocenters. The predicted molar refractivity (Wildman–Crippen MR) is 109 cm³/mol. The number of carboxylic acid groups (broad SMARTS) is 1. The Bertz CT molecular complexity index is 934. The van der Waals surface area contributed by atoms with Gasteiger partial charge < -0.3 is 20.2 Å². The number of aromatic carboxylic acids is 1. The van der Waals surface area contributed by atoms with Gasteiger partial charge in [-0.1, -0.05) is 11.6 Å². The largest absolute Gasteiger partial charge is 0.478 e. The maximum absolute atomic E-state index is 11.2. The summed E-state index contributed by atoms with van der Waals surface area (Å²) in [5, 5.41) is 23.8. The summed E-state index contributed by atoms with van der Waals surface area (Å²) in [6.45, 7) is 2.16. The third kappa shape index (κ3) is 4.29. The van der Waals surface area contributed by atoms with Crippen molar-refractivity contribution in [1.82, 2.24) is 9.88 Å². The topological polar surface area (TPSA) is 112 Å². The van der Waals surface area contributed by atoms with E-state index in [0.29, 0.717) is 42.8 Å². The van der Waals surface area contributed by atoms with Gasteiger partial charge in [0.2, 0.25) is 5.82 Å². The number of halogens is 1. The molecule has 0 spiro atoms. The molecule has 0 radical (unpaired) electrons. The van der Waals surface area contributed by atoms with Crippen LogP contribution < -0.4 is 10.2 Å². The van der Waals surface area contributed by atoms with Crippen molar-refractivity contribution in [2.75, 3.05) is 36.4 Å². The molecule has 1 saturated heterocycles. The molecule has 1 fully saturated rings. The van der Waals surface area contributed by atoms with E-state index in [1.165, 1.54) is 30.5 Å². The highest BCUT2D eigenvalue weighted by Gasteiger charge is 2.25. The SMILES string of the molecule is O=C(O)c1ccc(NC(=S)N2CCN(c3ncccc3[N+](=O)[O-])CC2)cc1Cl. The summed E-state index contributed by atoms with van der Waals surface area (Å²) in [5.74, 6) is -0.749. The lowest BCUT2D eigenvalue weighted by atomic mass is 10.2. The monoisotopic (exact) mass is 421 g/mol. The summed E-state index contributed by atoms with van der Waals surface area (Å²) in [5.41, 5.74) is 0.580. The smallest absolute Gasteiger partial charge is 0.337 e. The Morgan fingerprint density at radius 1 is 1.29 bits per heavy atom. The van der Waals surface area contributed by atoms with Gasteiger partial charge in [0.25, 0.3) is 0 Å². The fourth-order valence-corrected chi connectivity index (χ4v) is 3.43. The van der Waals surface area contributed by atoms with Crippen molar-refractivity contribution in [3.05, 3.63) is 57.2 Å². The molecule has 2 aromatic rings. The van der Waals surface area contributed by atoms with Gasteiger partial charge in [0.05, 0.1) is 15.5 Å². The van der Waals surface area contributed by atoms with Gasteiger partial charge in [0.15, 0.2) is 5.11 Å². The van der Waals surface area contributed by atoms with Crippen LogP contribution in [0.1, 0.15) is 10.4 Å². The summed E-state index contributed by atoms with van der Waals surface area (Å²) in [7, 11) is 0. The molecule has 28 heavy (non-hydrogen) atoms. The summed E-state index contributed by atoms with van der Waals surface area (Å²) in [6, 6.07) is 7.48. The van der Waals surface area contributed by atoms with Crippen molar-refractivity contribution < 1.29 is 14.8 Å². The number of carboxylic acids is 1. The third-order valence-corrected chi connectivity index (χ3v) is 4.95. The van der Waals surface area contributed by atoms with Crippen molar-refractivity contribution in [2.24, 2.45) is 0 Å². The van der Waals surface area contributed by atoms with Crippen molar-refractivity contribution in [3.8, 4) is 0 Å². The Labute approximate surface area is 170 Å². The zero-order chi connectivity index (χ0) is 20.3. The van der Waals surface area contributed by atoms with Gasteiger partial charge >= 0.3 is 11.7 Å². The van der Waals surface area contributed by atoms with E-state index in [0.717, 1.165) is 0 Å². The number of nitro groups is 1. The Balaban J connectivity index is 1.62. The number of nitrogens with zero attached hydrogens (tertiary/aromatic N) is 4. The van der Waals surface area contributed by atoms with E-state index in [2.05, 4.69) is 10.3 Å². The van der Waals surface area contributed by atoms with Crippen LogP contribution >= 0.6 is 23.8 Å². The minimum Gasteiger partial charge on any atom is -0.478 e. The van der Waals surface area contributed by atoms with E-state index in [-0.39, 0.29) is 16.3 Å². The van der Waals surface area contributed by atoms with Crippen LogP contribution in [0.5, 0.6) is 0 Å². The van der Waals surface area contributed by atoms with E-state index in [4.69, 9.17) is 28.9 Å². The number of piperazine rings is 1.